The number of para-hydroxylation sites is 1. The van der Waals surface area contributed by atoms with Gasteiger partial charge in [-0.3, -0.25) is 9.78 Å². The van der Waals surface area contributed by atoms with Gasteiger partial charge < -0.3 is 9.80 Å². The summed E-state index contributed by atoms with van der Waals surface area (Å²) in [6, 6.07) is 12.0. The molecule has 1 fully saturated rings. The number of piperazine rings is 1. The van der Waals surface area contributed by atoms with E-state index in [4.69, 9.17) is 9.97 Å². The number of thiazole rings is 1. The van der Waals surface area contributed by atoms with E-state index >= 15 is 0 Å². The fraction of sp³-hybridized carbons (Fsp3) is 0.304. The second-order valence-corrected chi connectivity index (χ2v) is 8.64. The van der Waals surface area contributed by atoms with Crippen LogP contribution in [0.1, 0.15) is 16.8 Å². The van der Waals surface area contributed by atoms with Gasteiger partial charge in [0.1, 0.15) is 10.3 Å². The molecule has 152 valence electrons. The van der Waals surface area contributed by atoms with Crippen LogP contribution in [0.25, 0.3) is 21.3 Å². The van der Waals surface area contributed by atoms with Crippen molar-refractivity contribution in [3.63, 3.8) is 0 Å². The standard InChI is InChI=1S/C23H23N5OS/c1-15-17-6-3-4-7-19(17)25-16(2)18(15)14-21(29)27-10-12-28(13-11-27)23-26-20-8-5-9-24-22(20)30-23/h3-9H,10-14H2,1-2H3. The van der Waals surface area contributed by atoms with Crippen molar-refractivity contribution in [3.8, 4) is 0 Å². The lowest BCUT2D eigenvalue weighted by Crippen LogP contribution is -2.49. The number of carbonyl (C=O) groups excluding carboxylic acids is 1. The Balaban J connectivity index is 1.29. The number of nitrogens with zero attached hydrogens (tertiary/aromatic N) is 5. The van der Waals surface area contributed by atoms with E-state index < -0.39 is 0 Å². The molecule has 1 amide bonds. The van der Waals surface area contributed by atoms with Gasteiger partial charge in [-0.15, -0.1) is 0 Å². The van der Waals surface area contributed by atoms with E-state index in [0.717, 1.165) is 56.3 Å². The van der Waals surface area contributed by atoms with E-state index in [2.05, 4.69) is 22.9 Å². The molecule has 7 heteroatoms. The summed E-state index contributed by atoms with van der Waals surface area (Å²) in [4.78, 5) is 32.0. The van der Waals surface area contributed by atoms with Gasteiger partial charge in [-0.2, -0.15) is 0 Å². The molecule has 4 aromatic rings. The number of benzene rings is 1. The van der Waals surface area contributed by atoms with Crippen molar-refractivity contribution in [2.45, 2.75) is 20.3 Å². The van der Waals surface area contributed by atoms with Crippen molar-refractivity contribution in [3.05, 3.63) is 59.4 Å². The van der Waals surface area contributed by atoms with Crippen LogP contribution >= 0.6 is 11.3 Å². The van der Waals surface area contributed by atoms with Crippen LogP contribution in [-0.2, 0) is 11.2 Å². The number of aromatic nitrogens is 3. The Hall–Kier alpha value is -3.06. The molecule has 4 heterocycles. The maximum atomic E-state index is 13.0. The van der Waals surface area contributed by atoms with Crippen molar-refractivity contribution in [1.29, 1.82) is 0 Å². The van der Waals surface area contributed by atoms with Gasteiger partial charge in [0.05, 0.1) is 11.9 Å². The van der Waals surface area contributed by atoms with E-state index in [9.17, 15) is 4.79 Å². The molecule has 1 aliphatic rings. The van der Waals surface area contributed by atoms with Gasteiger partial charge in [-0.25, -0.2) is 9.97 Å². The number of anilines is 1. The summed E-state index contributed by atoms with van der Waals surface area (Å²) in [6.07, 6.45) is 2.20. The third kappa shape index (κ3) is 3.39. The van der Waals surface area contributed by atoms with Crippen LogP contribution in [0.5, 0.6) is 0 Å². The SMILES string of the molecule is Cc1nc2ccccc2c(C)c1CC(=O)N1CCN(c2nc3cccnc3s2)CC1. The van der Waals surface area contributed by atoms with E-state index in [-0.39, 0.29) is 5.91 Å². The third-order valence-corrected chi connectivity index (χ3v) is 6.91. The largest absolute Gasteiger partial charge is 0.344 e. The van der Waals surface area contributed by atoms with Crippen LogP contribution in [0.2, 0.25) is 0 Å². The first-order valence-corrected chi connectivity index (χ1v) is 11.0. The zero-order valence-electron chi connectivity index (χ0n) is 17.1. The molecule has 0 spiro atoms. The zero-order chi connectivity index (χ0) is 20.7. The minimum absolute atomic E-state index is 0.170. The number of carbonyl (C=O) groups is 1. The Labute approximate surface area is 179 Å². The smallest absolute Gasteiger partial charge is 0.227 e. The lowest BCUT2D eigenvalue weighted by atomic mass is 9.99. The Morgan fingerprint density at radius 2 is 1.77 bits per heavy atom. The molecule has 0 atom stereocenters. The van der Waals surface area contributed by atoms with Crippen molar-refractivity contribution in [2.24, 2.45) is 0 Å². The van der Waals surface area contributed by atoms with Gasteiger partial charge in [-0.1, -0.05) is 29.5 Å². The van der Waals surface area contributed by atoms with Gasteiger partial charge >= 0.3 is 0 Å². The lowest BCUT2D eigenvalue weighted by Gasteiger charge is -2.34. The fourth-order valence-electron chi connectivity index (χ4n) is 4.13. The van der Waals surface area contributed by atoms with E-state index in [0.29, 0.717) is 19.5 Å². The van der Waals surface area contributed by atoms with Gasteiger partial charge in [0.15, 0.2) is 5.13 Å². The van der Waals surface area contributed by atoms with Gasteiger partial charge in [0.2, 0.25) is 5.91 Å². The summed E-state index contributed by atoms with van der Waals surface area (Å²) in [5.74, 6) is 0.170. The first-order chi connectivity index (χ1) is 14.6. The third-order valence-electron chi connectivity index (χ3n) is 5.87. The Morgan fingerprint density at radius 3 is 2.57 bits per heavy atom. The zero-order valence-corrected chi connectivity index (χ0v) is 17.9. The Bertz CT molecular complexity index is 1210. The predicted octanol–water partition coefficient (Wildman–Crippen LogP) is 3.75. The predicted molar refractivity (Wildman–Crippen MR) is 121 cm³/mol. The number of fused-ring (bicyclic) bond motifs is 2. The summed E-state index contributed by atoms with van der Waals surface area (Å²) < 4.78 is 0. The molecule has 0 saturated carbocycles. The molecule has 3 aromatic heterocycles. The van der Waals surface area contributed by atoms with E-state index in [1.807, 2.05) is 42.2 Å². The monoisotopic (exact) mass is 417 g/mol. The van der Waals surface area contributed by atoms with Crippen LogP contribution < -0.4 is 4.90 Å². The summed E-state index contributed by atoms with van der Waals surface area (Å²) in [5.41, 5.74) is 5.08. The molecular weight excluding hydrogens is 394 g/mol. The average Bonchev–Trinajstić information content (AvgIpc) is 3.21. The number of aryl methyl sites for hydroxylation is 2. The quantitative estimate of drug-likeness (QED) is 0.508. The Kier molecular flexibility index (Phi) is 4.83. The molecule has 0 N–H and O–H groups in total. The van der Waals surface area contributed by atoms with Crippen LogP contribution in [0.4, 0.5) is 5.13 Å². The van der Waals surface area contributed by atoms with E-state index in [1.165, 1.54) is 0 Å². The fourth-order valence-corrected chi connectivity index (χ4v) is 5.10. The highest BCUT2D eigenvalue weighted by Gasteiger charge is 2.24. The van der Waals surface area contributed by atoms with Crippen LogP contribution in [0, 0.1) is 13.8 Å². The topological polar surface area (TPSA) is 62.2 Å². The molecule has 1 aromatic carbocycles. The highest BCUT2D eigenvalue weighted by atomic mass is 32.1. The molecule has 0 unspecified atom stereocenters. The first kappa shape index (κ1) is 18.9. The minimum Gasteiger partial charge on any atom is -0.344 e. The van der Waals surface area contributed by atoms with Crippen LogP contribution in [0.3, 0.4) is 0 Å². The van der Waals surface area contributed by atoms with Gasteiger partial charge in [0.25, 0.3) is 0 Å². The molecule has 5 rings (SSSR count). The van der Waals surface area contributed by atoms with Crippen molar-refractivity contribution >= 4 is 43.6 Å². The minimum atomic E-state index is 0.170. The maximum absolute atomic E-state index is 13.0. The normalized spacial score (nSPS) is 14.6. The summed E-state index contributed by atoms with van der Waals surface area (Å²) in [5, 5.41) is 2.11. The highest BCUT2D eigenvalue weighted by Crippen LogP contribution is 2.28. The lowest BCUT2D eigenvalue weighted by molar-refractivity contribution is -0.130. The van der Waals surface area contributed by atoms with Crippen LogP contribution in [0.15, 0.2) is 42.6 Å². The number of hydrogen-bond donors (Lipinski definition) is 0. The molecule has 0 radical (unpaired) electrons. The van der Waals surface area contributed by atoms with Crippen molar-refractivity contribution in [1.82, 2.24) is 19.9 Å². The summed E-state index contributed by atoms with van der Waals surface area (Å²) in [6.45, 7) is 7.10. The number of rotatable bonds is 3. The summed E-state index contributed by atoms with van der Waals surface area (Å²) >= 11 is 1.61. The number of pyridine rings is 2. The Morgan fingerprint density at radius 1 is 1.00 bits per heavy atom. The molecule has 30 heavy (non-hydrogen) atoms. The van der Waals surface area contributed by atoms with Crippen LogP contribution in [-0.4, -0.2) is 51.9 Å². The first-order valence-electron chi connectivity index (χ1n) is 10.2. The van der Waals surface area contributed by atoms with Crippen molar-refractivity contribution < 1.29 is 4.79 Å². The average molecular weight is 418 g/mol. The molecular formula is C23H23N5OS. The van der Waals surface area contributed by atoms with E-state index in [1.54, 1.807) is 17.5 Å². The molecule has 0 bridgehead atoms. The number of hydrogen-bond acceptors (Lipinski definition) is 6. The summed E-state index contributed by atoms with van der Waals surface area (Å²) in [7, 11) is 0. The molecule has 1 aliphatic heterocycles. The highest BCUT2D eigenvalue weighted by molar-refractivity contribution is 7.21. The van der Waals surface area contributed by atoms with Gasteiger partial charge in [0, 0.05) is 43.5 Å². The molecule has 1 saturated heterocycles. The molecule has 6 nitrogen and oxygen atoms in total. The number of amides is 1. The maximum Gasteiger partial charge on any atom is 0.227 e. The van der Waals surface area contributed by atoms with Crippen molar-refractivity contribution in [2.75, 3.05) is 31.1 Å². The second-order valence-electron chi connectivity index (χ2n) is 7.69. The second kappa shape index (κ2) is 7.65. The molecule has 0 aliphatic carbocycles. The van der Waals surface area contributed by atoms with Gasteiger partial charge in [-0.05, 0) is 43.2 Å².